The number of para-hydroxylation sites is 1. The molecular formula is C23H18ClN3O2. The van der Waals surface area contributed by atoms with Crippen molar-refractivity contribution >= 4 is 35.3 Å². The van der Waals surface area contributed by atoms with Crippen LogP contribution in [0, 0.1) is 0 Å². The lowest BCUT2D eigenvalue weighted by Gasteiger charge is -2.31. The Morgan fingerprint density at radius 3 is 2.52 bits per heavy atom. The van der Waals surface area contributed by atoms with E-state index in [-0.39, 0.29) is 17.9 Å². The van der Waals surface area contributed by atoms with Crippen molar-refractivity contribution in [1.82, 2.24) is 4.98 Å². The fraction of sp³-hybridized carbons (Fsp3) is 0.130. The summed E-state index contributed by atoms with van der Waals surface area (Å²) >= 11 is 6.28. The van der Waals surface area contributed by atoms with Gasteiger partial charge in [-0.15, -0.1) is 0 Å². The van der Waals surface area contributed by atoms with E-state index in [1.807, 2.05) is 31.2 Å². The highest BCUT2D eigenvalue weighted by atomic mass is 35.5. The van der Waals surface area contributed by atoms with Gasteiger partial charge in [0.15, 0.2) is 0 Å². The first-order chi connectivity index (χ1) is 14.1. The van der Waals surface area contributed by atoms with Crippen LogP contribution in [0.1, 0.15) is 40.5 Å². The van der Waals surface area contributed by atoms with E-state index < -0.39 is 5.92 Å². The van der Waals surface area contributed by atoms with Gasteiger partial charge in [-0.2, -0.15) is 0 Å². The monoisotopic (exact) mass is 403 g/mol. The molecule has 5 nitrogen and oxygen atoms in total. The number of amides is 2. The van der Waals surface area contributed by atoms with E-state index in [1.165, 1.54) is 0 Å². The maximum absolute atomic E-state index is 13.3. The zero-order chi connectivity index (χ0) is 20.4. The average Bonchev–Trinajstić information content (AvgIpc) is 2.75. The normalized spacial score (nSPS) is 17.4. The molecule has 2 amide bonds. The second-order valence-electron chi connectivity index (χ2n) is 6.72. The van der Waals surface area contributed by atoms with Crippen molar-refractivity contribution in [3.63, 3.8) is 0 Å². The summed E-state index contributed by atoms with van der Waals surface area (Å²) in [5.74, 6) is -1.45. The Morgan fingerprint density at radius 1 is 1.03 bits per heavy atom. The highest BCUT2D eigenvalue weighted by molar-refractivity contribution is 6.37. The third kappa shape index (κ3) is 3.57. The third-order valence-electron chi connectivity index (χ3n) is 4.88. The molecule has 0 saturated carbocycles. The molecule has 6 heteroatoms. The number of rotatable bonds is 4. The number of halogens is 1. The van der Waals surface area contributed by atoms with E-state index in [0.29, 0.717) is 21.8 Å². The lowest BCUT2D eigenvalue weighted by molar-refractivity contribution is -0.118. The summed E-state index contributed by atoms with van der Waals surface area (Å²) < 4.78 is 0. The highest BCUT2D eigenvalue weighted by Crippen LogP contribution is 2.35. The molecular weight excluding hydrogens is 386 g/mol. The lowest BCUT2D eigenvalue weighted by Crippen LogP contribution is -2.45. The van der Waals surface area contributed by atoms with Crippen LogP contribution in [0.4, 0.5) is 5.69 Å². The summed E-state index contributed by atoms with van der Waals surface area (Å²) in [5.41, 5.74) is 2.28. The molecule has 1 aromatic heterocycles. The van der Waals surface area contributed by atoms with Crippen LogP contribution in [0.2, 0.25) is 5.02 Å². The standard InChI is InChI=1S/C23H18ClN3O2/c1-15(20-11-6-7-13-25-20)26-14-18-16-8-2-3-9-17(16)22(28)27(23(18)29)21-12-5-4-10-19(21)24/h2-15,18H,1H3/t15-,18?/m0/s1. The number of carbonyl (C=O) groups excluding carboxylic acids is 2. The van der Waals surface area contributed by atoms with Gasteiger partial charge in [-0.25, -0.2) is 4.90 Å². The Kier molecular flexibility index (Phi) is 5.23. The summed E-state index contributed by atoms with van der Waals surface area (Å²) in [7, 11) is 0. The number of hydrogen-bond acceptors (Lipinski definition) is 4. The van der Waals surface area contributed by atoms with Crippen molar-refractivity contribution in [2.24, 2.45) is 4.99 Å². The van der Waals surface area contributed by atoms with Gasteiger partial charge < -0.3 is 0 Å². The van der Waals surface area contributed by atoms with Gasteiger partial charge in [-0.1, -0.05) is 48.0 Å². The largest absolute Gasteiger partial charge is 0.287 e. The molecule has 0 bridgehead atoms. The molecule has 3 aromatic rings. The van der Waals surface area contributed by atoms with E-state index in [2.05, 4.69) is 9.98 Å². The number of aliphatic imine (C=N–C) groups is 1. The summed E-state index contributed by atoms with van der Waals surface area (Å²) in [6, 6.07) is 19.3. The molecule has 0 saturated heterocycles. The molecule has 4 rings (SSSR count). The smallest absolute Gasteiger partial charge is 0.265 e. The van der Waals surface area contributed by atoms with E-state index >= 15 is 0 Å². The zero-order valence-corrected chi connectivity index (χ0v) is 16.5. The van der Waals surface area contributed by atoms with Crippen molar-refractivity contribution in [2.45, 2.75) is 18.9 Å². The van der Waals surface area contributed by atoms with E-state index in [0.717, 1.165) is 10.6 Å². The van der Waals surface area contributed by atoms with Gasteiger partial charge in [0.05, 0.1) is 28.4 Å². The van der Waals surface area contributed by atoms with Gasteiger partial charge in [0.1, 0.15) is 0 Å². The van der Waals surface area contributed by atoms with Crippen LogP contribution in [0.5, 0.6) is 0 Å². The summed E-state index contributed by atoms with van der Waals surface area (Å²) in [6.45, 7) is 1.91. The number of anilines is 1. The Bertz CT molecular complexity index is 1100. The molecule has 0 N–H and O–H groups in total. The molecule has 1 aliphatic rings. The maximum atomic E-state index is 13.3. The number of carbonyl (C=O) groups is 2. The van der Waals surface area contributed by atoms with Crippen LogP contribution in [0.3, 0.4) is 0 Å². The molecule has 1 aliphatic heterocycles. The second-order valence-corrected chi connectivity index (χ2v) is 7.13. The van der Waals surface area contributed by atoms with Crippen LogP contribution >= 0.6 is 11.6 Å². The Hall–Kier alpha value is -3.31. The maximum Gasteiger partial charge on any atom is 0.265 e. The Labute approximate surface area is 173 Å². The summed E-state index contributed by atoms with van der Waals surface area (Å²) in [6.07, 6.45) is 3.32. The van der Waals surface area contributed by atoms with Crippen LogP contribution in [0.25, 0.3) is 0 Å². The van der Waals surface area contributed by atoms with Crippen LogP contribution < -0.4 is 4.90 Å². The highest BCUT2D eigenvalue weighted by Gasteiger charge is 2.39. The molecule has 0 aliphatic carbocycles. The first-order valence-corrected chi connectivity index (χ1v) is 9.61. The SMILES string of the molecule is C[C@H](N=CC1C(=O)N(c2ccccc2Cl)C(=O)c2ccccc21)c1ccccn1. The van der Waals surface area contributed by atoms with Crippen molar-refractivity contribution in [1.29, 1.82) is 0 Å². The number of benzene rings is 2. The van der Waals surface area contributed by atoms with Gasteiger partial charge in [-0.3, -0.25) is 19.6 Å². The first kappa shape index (κ1) is 19.0. The summed E-state index contributed by atoms with van der Waals surface area (Å²) in [5, 5.41) is 0.339. The zero-order valence-electron chi connectivity index (χ0n) is 15.7. The number of aromatic nitrogens is 1. The second kappa shape index (κ2) is 7.97. The van der Waals surface area contributed by atoms with Gasteiger partial charge >= 0.3 is 0 Å². The number of nitrogens with zero attached hydrogens (tertiary/aromatic N) is 3. The Morgan fingerprint density at radius 2 is 1.76 bits per heavy atom. The molecule has 0 fully saturated rings. The minimum Gasteiger partial charge on any atom is -0.287 e. The number of imide groups is 1. The molecule has 1 unspecified atom stereocenters. The quantitative estimate of drug-likeness (QED) is 0.462. The minimum atomic E-state index is -0.689. The molecule has 2 atom stereocenters. The molecule has 2 heterocycles. The number of hydrogen-bond donors (Lipinski definition) is 0. The molecule has 2 aromatic carbocycles. The molecule has 0 spiro atoms. The Balaban J connectivity index is 1.75. The number of fused-ring (bicyclic) bond motifs is 1. The van der Waals surface area contributed by atoms with Gasteiger partial charge in [0, 0.05) is 18.0 Å². The number of pyridine rings is 1. The first-order valence-electron chi connectivity index (χ1n) is 9.24. The average molecular weight is 404 g/mol. The summed E-state index contributed by atoms with van der Waals surface area (Å²) in [4.78, 5) is 36.4. The fourth-order valence-electron chi connectivity index (χ4n) is 3.38. The van der Waals surface area contributed by atoms with E-state index in [4.69, 9.17) is 11.6 Å². The van der Waals surface area contributed by atoms with Crippen molar-refractivity contribution in [2.75, 3.05) is 4.90 Å². The van der Waals surface area contributed by atoms with Crippen LogP contribution in [-0.4, -0.2) is 23.0 Å². The lowest BCUT2D eigenvalue weighted by atomic mass is 9.88. The topological polar surface area (TPSA) is 62.6 Å². The van der Waals surface area contributed by atoms with Gasteiger partial charge in [0.25, 0.3) is 5.91 Å². The predicted octanol–water partition coefficient (Wildman–Crippen LogP) is 4.84. The van der Waals surface area contributed by atoms with Crippen molar-refractivity contribution in [3.05, 3.63) is 94.8 Å². The van der Waals surface area contributed by atoms with Crippen LogP contribution in [0.15, 0.2) is 77.9 Å². The molecule has 0 radical (unpaired) electrons. The molecule has 144 valence electrons. The van der Waals surface area contributed by atoms with E-state index in [1.54, 1.807) is 54.9 Å². The van der Waals surface area contributed by atoms with Gasteiger partial charge in [0.2, 0.25) is 5.91 Å². The van der Waals surface area contributed by atoms with E-state index in [9.17, 15) is 9.59 Å². The third-order valence-corrected chi connectivity index (χ3v) is 5.20. The van der Waals surface area contributed by atoms with Crippen molar-refractivity contribution in [3.8, 4) is 0 Å². The molecule has 29 heavy (non-hydrogen) atoms. The predicted molar refractivity (Wildman–Crippen MR) is 114 cm³/mol. The van der Waals surface area contributed by atoms with Gasteiger partial charge in [-0.05, 0) is 42.8 Å². The minimum absolute atomic E-state index is 0.220. The van der Waals surface area contributed by atoms with Crippen LogP contribution in [-0.2, 0) is 4.79 Å². The van der Waals surface area contributed by atoms with Crippen molar-refractivity contribution < 1.29 is 9.59 Å². The fourth-order valence-corrected chi connectivity index (χ4v) is 3.60.